The van der Waals surface area contributed by atoms with E-state index >= 15 is 0 Å². The topological polar surface area (TPSA) is 37.3 Å². The van der Waals surface area contributed by atoms with Crippen molar-refractivity contribution >= 4 is 12.0 Å². The van der Waals surface area contributed by atoms with Crippen LogP contribution in [0.1, 0.15) is 73.4 Å². The van der Waals surface area contributed by atoms with Crippen LogP contribution in [-0.2, 0) is 6.42 Å². The average molecular weight is 348 g/mol. The lowest BCUT2D eigenvalue weighted by Crippen LogP contribution is -2.00. The number of aryl methyl sites for hydroxylation is 1. The van der Waals surface area contributed by atoms with E-state index in [9.17, 15) is 9.90 Å². The Kier molecular flexibility index (Phi) is 6.27. The normalized spacial score (nSPS) is 14.3. The van der Waals surface area contributed by atoms with Crippen molar-refractivity contribution < 1.29 is 9.90 Å². The minimum Gasteiger partial charge on any atom is -0.478 e. The Hall–Kier alpha value is -2.35. The highest BCUT2D eigenvalue weighted by molar-refractivity contribution is 5.91. The van der Waals surface area contributed by atoms with Crippen molar-refractivity contribution in [3.8, 4) is 11.1 Å². The van der Waals surface area contributed by atoms with E-state index in [2.05, 4.69) is 37.3 Å². The number of carbonyl (C=O) groups is 1. The highest BCUT2D eigenvalue weighted by Gasteiger charge is 2.13. The van der Waals surface area contributed by atoms with Crippen LogP contribution in [0.2, 0.25) is 0 Å². The van der Waals surface area contributed by atoms with Crippen LogP contribution in [-0.4, -0.2) is 11.1 Å². The monoisotopic (exact) mass is 348 g/mol. The van der Waals surface area contributed by atoms with Gasteiger partial charge in [0.15, 0.2) is 0 Å². The Morgan fingerprint density at radius 1 is 1.04 bits per heavy atom. The zero-order chi connectivity index (χ0) is 18.4. The van der Waals surface area contributed by atoms with Gasteiger partial charge in [0.25, 0.3) is 0 Å². The van der Waals surface area contributed by atoms with E-state index in [4.69, 9.17) is 0 Å². The summed E-state index contributed by atoms with van der Waals surface area (Å²) in [6.07, 6.45) is 11.8. The van der Waals surface area contributed by atoms with Crippen LogP contribution >= 0.6 is 0 Å². The molecule has 0 atom stereocenters. The molecule has 2 heteroatoms. The van der Waals surface area contributed by atoms with Crippen molar-refractivity contribution in [1.82, 2.24) is 0 Å². The molecule has 26 heavy (non-hydrogen) atoms. The van der Waals surface area contributed by atoms with Crippen LogP contribution in [0.3, 0.4) is 0 Å². The Bertz CT molecular complexity index is 794. The molecule has 136 valence electrons. The summed E-state index contributed by atoms with van der Waals surface area (Å²) in [4.78, 5) is 11.5. The summed E-state index contributed by atoms with van der Waals surface area (Å²) in [5, 5.41) is 9.46. The standard InChI is InChI=1S/C24H28O2/c1-2-3-11-19-12-7-8-13-22(19)23-17-21(24(25)26)15-14-20(23)16-18-9-5-4-6-10-18/h7-8,12-17H,2-6,9-11H2,1H3,(H,25,26). The Balaban J connectivity index is 2.09. The quantitative estimate of drug-likeness (QED) is 0.627. The van der Waals surface area contributed by atoms with E-state index in [0.717, 1.165) is 43.2 Å². The zero-order valence-electron chi connectivity index (χ0n) is 15.6. The van der Waals surface area contributed by atoms with Gasteiger partial charge in [-0.25, -0.2) is 4.79 Å². The Morgan fingerprint density at radius 3 is 2.54 bits per heavy atom. The fraction of sp³-hybridized carbons (Fsp3) is 0.375. The van der Waals surface area contributed by atoms with Gasteiger partial charge in [-0.1, -0.05) is 61.7 Å². The lowest BCUT2D eigenvalue weighted by molar-refractivity contribution is 0.0697. The van der Waals surface area contributed by atoms with Gasteiger partial charge in [0.2, 0.25) is 0 Å². The van der Waals surface area contributed by atoms with Gasteiger partial charge in [0.1, 0.15) is 0 Å². The molecule has 1 saturated carbocycles. The van der Waals surface area contributed by atoms with Gasteiger partial charge in [-0.3, -0.25) is 0 Å². The van der Waals surface area contributed by atoms with Crippen molar-refractivity contribution in [2.24, 2.45) is 0 Å². The maximum absolute atomic E-state index is 11.5. The molecule has 1 aliphatic carbocycles. The van der Waals surface area contributed by atoms with Gasteiger partial charge in [0.05, 0.1) is 5.56 Å². The maximum Gasteiger partial charge on any atom is 0.335 e. The molecule has 0 saturated heterocycles. The summed E-state index contributed by atoms with van der Waals surface area (Å²) in [6.45, 7) is 2.20. The number of rotatable bonds is 6. The predicted octanol–water partition coefficient (Wildman–Crippen LogP) is 6.74. The first-order chi connectivity index (χ1) is 12.7. The molecule has 0 amide bonds. The predicted molar refractivity (Wildman–Crippen MR) is 109 cm³/mol. The van der Waals surface area contributed by atoms with E-state index in [1.807, 2.05) is 12.1 Å². The summed E-state index contributed by atoms with van der Waals surface area (Å²) < 4.78 is 0. The molecule has 0 aliphatic heterocycles. The lowest BCUT2D eigenvalue weighted by atomic mass is 9.88. The molecule has 3 rings (SSSR count). The molecule has 2 aromatic rings. The molecule has 0 heterocycles. The zero-order valence-corrected chi connectivity index (χ0v) is 15.6. The van der Waals surface area contributed by atoms with Crippen molar-refractivity contribution in [3.05, 3.63) is 64.7 Å². The summed E-state index contributed by atoms with van der Waals surface area (Å²) in [5.74, 6) is -0.867. The largest absolute Gasteiger partial charge is 0.478 e. The summed E-state index contributed by atoms with van der Waals surface area (Å²) in [6, 6.07) is 14.0. The number of hydrogen-bond acceptors (Lipinski definition) is 1. The van der Waals surface area contributed by atoms with Crippen LogP contribution < -0.4 is 0 Å². The first-order valence-electron chi connectivity index (χ1n) is 9.84. The van der Waals surface area contributed by atoms with Gasteiger partial charge in [-0.05, 0) is 72.9 Å². The minimum atomic E-state index is -0.867. The number of unbranched alkanes of at least 4 members (excludes halogenated alkanes) is 1. The second-order valence-corrected chi connectivity index (χ2v) is 7.23. The third-order valence-corrected chi connectivity index (χ3v) is 5.26. The SMILES string of the molecule is CCCCc1ccccc1-c1cc(C(=O)O)ccc1C=C1CCCCC1. The highest BCUT2D eigenvalue weighted by atomic mass is 16.4. The smallest absolute Gasteiger partial charge is 0.335 e. The third kappa shape index (κ3) is 4.43. The molecule has 1 fully saturated rings. The fourth-order valence-corrected chi connectivity index (χ4v) is 3.79. The summed E-state index contributed by atoms with van der Waals surface area (Å²) in [5.41, 5.74) is 6.53. The van der Waals surface area contributed by atoms with E-state index < -0.39 is 5.97 Å². The molecule has 0 spiro atoms. The molecule has 0 bridgehead atoms. The van der Waals surface area contributed by atoms with Crippen LogP contribution in [0.15, 0.2) is 48.0 Å². The van der Waals surface area contributed by atoms with Crippen molar-refractivity contribution in [1.29, 1.82) is 0 Å². The number of hydrogen-bond donors (Lipinski definition) is 1. The van der Waals surface area contributed by atoms with E-state index in [1.165, 1.54) is 36.0 Å². The minimum absolute atomic E-state index is 0.357. The molecule has 0 aromatic heterocycles. The van der Waals surface area contributed by atoms with E-state index in [1.54, 1.807) is 6.07 Å². The molecule has 0 radical (unpaired) electrons. The molecule has 1 N–H and O–H groups in total. The molecular formula is C24H28O2. The van der Waals surface area contributed by atoms with E-state index in [-0.39, 0.29) is 0 Å². The molecular weight excluding hydrogens is 320 g/mol. The first kappa shape index (κ1) is 18.4. The Morgan fingerprint density at radius 2 is 1.81 bits per heavy atom. The molecule has 1 aliphatic rings. The van der Waals surface area contributed by atoms with Crippen LogP contribution in [0.5, 0.6) is 0 Å². The van der Waals surface area contributed by atoms with Crippen molar-refractivity contribution in [3.63, 3.8) is 0 Å². The molecule has 0 unspecified atom stereocenters. The van der Waals surface area contributed by atoms with Gasteiger partial charge in [-0.2, -0.15) is 0 Å². The number of aromatic carboxylic acids is 1. The van der Waals surface area contributed by atoms with Crippen LogP contribution in [0.25, 0.3) is 17.2 Å². The third-order valence-electron chi connectivity index (χ3n) is 5.26. The second-order valence-electron chi connectivity index (χ2n) is 7.23. The first-order valence-corrected chi connectivity index (χ1v) is 9.84. The van der Waals surface area contributed by atoms with Gasteiger partial charge >= 0.3 is 5.97 Å². The summed E-state index contributed by atoms with van der Waals surface area (Å²) >= 11 is 0. The number of benzene rings is 2. The van der Waals surface area contributed by atoms with Crippen molar-refractivity contribution in [2.45, 2.75) is 58.3 Å². The fourth-order valence-electron chi connectivity index (χ4n) is 3.79. The summed E-state index contributed by atoms with van der Waals surface area (Å²) in [7, 11) is 0. The lowest BCUT2D eigenvalue weighted by Gasteiger charge is -2.17. The second kappa shape index (κ2) is 8.84. The molecule has 2 aromatic carbocycles. The highest BCUT2D eigenvalue weighted by Crippen LogP contribution is 2.33. The Labute approximate surface area is 156 Å². The van der Waals surface area contributed by atoms with Crippen LogP contribution in [0, 0.1) is 0 Å². The van der Waals surface area contributed by atoms with E-state index in [0.29, 0.717) is 5.56 Å². The molecule has 2 nitrogen and oxygen atoms in total. The van der Waals surface area contributed by atoms with Crippen molar-refractivity contribution in [2.75, 3.05) is 0 Å². The number of carboxylic acids is 1. The number of allylic oxidation sites excluding steroid dienone is 1. The van der Waals surface area contributed by atoms with Gasteiger partial charge < -0.3 is 5.11 Å². The van der Waals surface area contributed by atoms with Gasteiger partial charge in [-0.15, -0.1) is 0 Å². The number of carboxylic acid groups (broad SMARTS) is 1. The van der Waals surface area contributed by atoms with Crippen LogP contribution in [0.4, 0.5) is 0 Å². The maximum atomic E-state index is 11.5. The average Bonchev–Trinajstić information content (AvgIpc) is 2.67. The van der Waals surface area contributed by atoms with Gasteiger partial charge in [0, 0.05) is 0 Å².